The summed E-state index contributed by atoms with van der Waals surface area (Å²) in [7, 11) is 1.53. The number of nitrogens with zero attached hydrogens (tertiary/aromatic N) is 5. The van der Waals surface area contributed by atoms with E-state index in [-0.39, 0.29) is 22.9 Å². The standard InChI is InChI=1S/C16H13N5O2/c1-10-7-14(11(8-17)9-18)21(2)16(23)15(10)20-19-12-3-5-13(22)6-4-12/h3-7,22-23H,1-2H3/b20-19+. The molecule has 0 bridgehead atoms. The van der Waals surface area contributed by atoms with Gasteiger partial charge in [-0.05, 0) is 42.8 Å². The second kappa shape index (κ2) is 6.46. The number of nitriles is 2. The van der Waals surface area contributed by atoms with Gasteiger partial charge in [0.2, 0.25) is 5.88 Å². The molecule has 0 spiro atoms. The summed E-state index contributed by atoms with van der Waals surface area (Å²) in [6.45, 7) is 1.70. The second-order valence-electron chi connectivity index (χ2n) is 4.76. The quantitative estimate of drug-likeness (QED) is 0.641. The Labute approximate surface area is 133 Å². The average Bonchev–Trinajstić information content (AvgIpc) is 2.54. The highest BCUT2D eigenvalue weighted by atomic mass is 16.3. The molecular formula is C16H13N5O2. The molecule has 0 unspecified atom stereocenters. The van der Waals surface area contributed by atoms with E-state index < -0.39 is 0 Å². The van der Waals surface area contributed by atoms with Crippen molar-refractivity contribution in [3.05, 3.63) is 58.8 Å². The molecule has 0 aromatic heterocycles. The number of hydrogen-bond acceptors (Lipinski definition) is 7. The number of aromatic hydroxyl groups is 1. The lowest BCUT2D eigenvalue weighted by molar-refractivity contribution is 0.263. The molecule has 2 rings (SSSR count). The topological polar surface area (TPSA) is 116 Å². The SMILES string of the molecule is CC1=CC(=C(C#N)C#N)N(C)C(O)=C1/N=N/c1ccc(O)cc1. The summed E-state index contributed by atoms with van der Waals surface area (Å²) < 4.78 is 0. The second-order valence-corrected chi connectivity index (χ2v) is 4.76. The number of hydrogen-bond donors (Lipinski definition) is 2. The van der Waals surface area contributed by atoms with Gasteiger partial charge in [0.1, 0.15) is 23.6 Å². The highest BCUT2D eigenvalue weighted by molar-refractivity contribution is 5.51. The molecule has 0 atom stereocenters. The van der Waals surface area contributed by atoms with E-state index in [1.807, 2.05) is 0 Å². The molecule has 0 aliphatic carbocycles. The van der Waals surface area contributed by atoms with Crippen LogP contribution < -0.4 is 0 Å². The van der Waals surface area contributed by atoms with Crippen LogP contribution in [0, 0.1) is 22.7 Å². The Bertz CT molecular complexity index is 817. The van der Waals surface area contributed by atoms with Crippen LogP contribution in [0.1, 0.15) is 6.92 Å². The van der Waals surface area contributed by atoms with Crippen LogP contribution in [-0.4, -0.2) is 22.2 Å². The molecule has 0 saturated heterocycles. The molecule has 1 aromatic rings. The predicted molar refractivity (Wildman–Crippen MR) is 82.0 cm³/mol. The van der Waals surface area contributed by atoms with Gasteiger partial charge >= 0.3 is 0 Å². The van der Waals surface area contributed by atoms with Crippen LogP contribution in [0.5, 0.6) is 5.75 Å². The number of azo groups is 1. The number of likely N-dealkylation sites (N-methyl/N-ethyl adjacent to an activating group) is 1. The molecule has 1 aliphatic rings. The van der Waals surface area contributed by atoms with Crippen molar-refractivity contribution in [2.75, 3.05) is 7.05 Å². The Balaban J connectivity index is 2.40. The number of allylic oxidation sites excluding steroid dienone is 3. The normalized spacial score (nSPS) is 14.5. The summed E-state index contributed by atoms with van der Waals surface area (Å²) >= 11 is 0. The number of phenols is 1. The number of aliphatic hydroxyl groups excluding tert-OH is 1. The van der Waals surface area contributed by atoms with E-state index in [4.69, 9.17) is 10.5 Å². The Morgan fingerprint density at radius 1 is 1.09 bits per heavy atom. The van der Waals surface area contributed by atoms with E-state index in [9.17, 15) is 10.2 Å². The summed E-state index contributed by atoms with van der Waals surface area (Å²) in [5.74, 6) is -0.0830. The van der Waals surface area contributed by atoms with Crippen LogP contribution in [0.4, 0.5) is 5.69 Å². The third-order valence-corrected chi connectivity index (χ3v) is 3.21. The lowest BCUT2D eigenvalue weighted by atomic mass is 10.1. The van der Waals surface area contributed by atoms with Crippen LogP contribution in [0.3, 0.4) is 0 Å². The first-order valence-corrected chi connectivity index (χ1v) is 6.58. The Kier molecular flexibility index (Phi) is 4.44. The minimum atomic E-state index is -0.203. The largest absolute Gasteiger partial charge is 0.508 e. The van der Waals surface area contributed by atoms with E-state index in [1.54, 1.807) is 37.3 Å². The fourth-order valence-electron chi connectivity index (χ4n) is 1.95. The summed E-state index contributed by atoms with van der Waals surface area (Å²) in [4.78, 5) is 1.31. The summed E-state index contributed by atoms with van der Waals surface area (Å²) in [6, 6.07) is 9.70. The minimum Gasteiger partial charge on any atom is -0.508 e. The molecular weight excluding hydrogens is 294 g/mol. The first kappa shape index (κ1) is 15.8. The third kappa shape index (κ3) is 3.20. The summed E-state index contributed by atoms with van der Waals surface area (Å²) in [6.07, 6.45) is 1.59. The van der Waals surface area contributed by atoms with Crippen molar-refractivity contribution in [3.63, 3.8) is 0 Å². The molecule has 23 heavy (non-hydrogen) atoms. The third-order valence-electron chi connectivity index (χ3n) is 3.21. The zero-order valence-electron chi connectivity index (χ0n) is 12.5. The van der Waals surface area contributed by atoms with Gasteiger partial charge in [-0.2, -0.15) is 15.6 Å². The lowest BCUT2D eigenvalue weighted by Gasteiger charge is -2.25. The molecule has 1 heterocycles. The molecule has 1 aromatic carbocycles. The number of benzene rings is 1. The number of rotatable bonds is 2. The first-order chi connectivity index (χ1) is 11.0. The monoisotopic (exact) mass is 307 g/mol. The fourth-order valence-corrected chi connectivity index (χ4v) is 1.95. The van der Waals surface area contributed by atoms with Crippen molar-refractivity contribution in [3.8, 4) is 17.9 Å². The van der Waals surface area contributed by atoms with Crippen molar-refractivity contribution < 1.29 is 10.2 Å². The van der Waals surface area contributed by atoms with Gasteiger partial charge in [0.15, 0.2) is 5.57 Å². The molecule has 0 radical (unpaired) electrons. The molecule has 1 aliphatic heterocycles. The highest BCUT2D eigenvalue weighted by Gasteiger charge is 2.23. The molecule has 0 fully saturated rings. The van der Waals surface area contributed by atoms with Crippen LogP contribution >= 0.6 is 0 Å². The zero-order chi connectivity index (χ0) is 17.0. The van der Waals surface area contributed by atoms with Gasteiger partial charge < -0.3 is 15.1 Å². The summed E-state index contributed by atoms with van der Waals surface area (Å²) in [5.41, 5.74) is 1.51. The van der Waals surface area contributed by atoms with Gasteiger partial charge in [-0.15, -0.1) is 5.11 Å². The van der Waals surface area contributed by atoms with E-state index in [0.29, 0.717) is 17.0 Å². The van der Waals surface area contributed by atoms with Crippen molar-refractivity contribution in [1.82, 2.24) is 4.90 Å². The highest BCUT2D eigenvalue weighted by Crippen LogP contribution is 2.30. The number of phenolic OH excluding ortho intramolecular Hbond substituents is 1. The van der Waals surface area contributed by atoms with Gasteiger partial charge in [0.25, 0.3) is 0 Å². The van der Waals surface area contributed by atoms with Crippen molar-refractivity contribution in [1.29, 1.82) is 10.5 Å². The summed E-state index contributed by atoms with van der Waals surface area (Å²) in [5, 5.41) is 45.4. The van der Waals surface area contributed by atoms with Crippen LogP contribution in [0.25, 0.3) is 0 Å². The minimum absolute atomic E-state index is 0.104. The van der Waals surface area contributed by atoms with Gasteiger partial charge in [-0.1, -0.05) is 0 Å². The lowest BCUT2D eigenvalue weighted by Crippen LogP contribution is -2.22. The van der Waals surface area contributed by atoms with Gasteiger partial charge in [0, 0.05) is 7.05 Å². The van der Waals surface area contributed by atoms with Gasteiger partial charge in [0.05, 0.1) is 11.4 Å². The average molecular weight is 307 g/mol. The molecule has 7 heteroatoms. The zero-order valence-corrected chi connectivity index (χ0v) is 12.5. The Morgan fingerprint density at radius 3 is 2.26 bits per heavy atom. The first-order valence-electron chi connectivity index (χ1n) is 6.58. The van der Waals surface area contributed by atoms with Crippen molar-refractivity contribution >= 4 is 5.69 Å². The molecule has 2 N–H and O–H groups in total. The van der Waals surface area contributed by atoms with Crippen LogP contribution in [-0.2, 0) is 0 Å². The Hall–Kier alpha value is -3.58. The molecule has 7 nitrogen and oxygen atoms in total. The molecule has 114 valence electrons. The van der Waals surface area contributed by atoms with Gasteiger partial charge in [-0.3, -0.25) is 0 Å². The maximum absolute atomic E-state index is 10.3. The predicted octanol–water partition coefficient (Wildman–Crippen LogP) is 3.40. The molecule has 0 amide bonds. The van der Waals surface area contributed by atoms with Gasteiger partial charge in [-0.25, -0.2) is 0 Å². The van der Waals surface area contributed by atoms with E-state index in [0.717, 1.165) is 0 Å². The number of aliphatic hydroxyl groups is 1. The maximum atomic E-state index is 10.3. The molecule has 0 saturated carbocycles. The van der Waals surface area contributed by atoms with Crippen LogP contribution in [0.15, 0.2) is 69.0 Å². The Morgan fingerprint density at radius 2 is 1.70 bits per heavy atom. The van der Waals surface area contributed by atoms with Crippen molar-refractivity contribution in [2.45, 2.75) is 6.92 Å². The van der Waals surface area contributed by atoms with Crippen molar-refractivity contribution in [2.24, 2.45) is 10.2 Å². The van der Waals surface area contributed by atoms with Crippen LogP contribution in [0.2, 0.25) is 0 Å². The van der Waals surface area contributed by atoms with E-state index in [2.05, 4.69) is 10.2 Å². The fraction of sp³-hybridized carbons (Fsp3) is 0.125. The maximum Gasteiger partial charge on any atom is 0.220 e. The van der Waals surface area contributed by atoms with E-state index >= 15 is 0 Å². The van der Waals surface area contributed by atoms with E-state index in [1.165, 1.54) is 24.1 Å². The smallest absolute Gasteiger partial charge is 0.220 e.